The van der Waals surface area contributed by atoms with E-state index in [-0.39, 0.29) is 34.7 Å². The monoisotopic (exact) mass is 416 g/mol. The molecule has 0 heterocycles. The van der Waals surface area contributed by atoms with Crippen LogP contribution in [0.25, 0.3) is 0 Å². The highest BCUT2D eigenvalue weighted by atomic mass is 16.3. The molecule has 3 aliphatic carbocycles. The highest BCUT2D eigenvalue weighted by Gasteiger charge is 2.74. The van der Waals surface area contributed by atoms with E-state index in [1.165, 1.54) is 0 Å². The molecule has 6 atom stereocenters. The van der Waals surface area contributed by atoms with E-state index in [0.717, 1.165) is 5.57 Å². The highest BCUT2D eigenvalue weighted by molar-refractivity contribution is 6.23. The first kappa shape index (κ1) is 23.4. The lowest BCUT2D eigenvalue weighted by atomic mass is 9.62. The summed E-state index contributed by atoms with van der Waals surface area (Å²) in [5, 5.41) is 22.7. The number of fused-ring (bicyclic) bond motifs is 1. The molecule has 168 valence electrons. The lowest BCUT2D eigenvalue weighted by Gasteiger charge is -2.43. The molecular weight excluding hydrogens is 376 g/mol. The number of rotatable bonds is 6. The quantitative estimate of drug-likeness (QED) is 0.489. The van der Waals surface area contributed by atoms with Gasteiger partial charge in [0.05, 0.1) is 22.7 Å². The molecule has 30 heavy (non-hydrogen) atoms. The molecule has 0 aliphatic heterocycles. The Kier molecular flexibility index (Phi) is 5.56. The Balaban J connectivity index is 2.22. The van der Waals surface area contributed by atoms with Crippen LogP contribution < -0.4 is 0 Å². The molecule has 0 aromatic carbocycles. The van der Waals surface area contributed by atoms with Crippen molar-refractivity contribution < 1.29 is 19.8 Å². The van der Waals surface area contributed by atoms with Crippen LogP contribution in [-0.2, 0) is 9.59 Å². The van der Waals surface area contributed by atoms with Gasteiger partial charge in [0.15, 0.2) is 11.6 Å². The third-order valence-corrected chi connectivity index (χ3v) is 8.77. The topological polar surface area (TPSA) is 74.6 Å². The number of allylic oxidation sites excluding steroid dienone is 3. The first-order valence-electron chi connectivity index (χ1n) is 11.5. The van der Waals surface area contributed by atoms with E-state index in [1.807, 2.05) is 53.7 Å². The summed E-state index contributed by atoms with van der Waals surface area (Å²) in [5.41, 5.74) is -1.36. The molecule has 0 radical (unpaired) electrons. The summed E-state index contributed by atoms with van der Waals surface area (Å²) in [5.74, 6) is -0.484. The van der Waals surface area contributed by atoms with Crippen molar-refractivity contribution in [2.75, 3.05) is 0 Å². The summed E-state index contributed by atoms with van der Waals surface area (Å²) in [6, 6.07) is 0. The van der Waals surface area contributed by atoms with E-state index in [0.29, 0.717) is 31.3 Å². The van der Waals surface area contributed by atoms with Gasteiger partial charge in [0, 0.05) is 11.3 Å². The molecule has 4 heteroatoms. The summed E-state index contributed by atoms with van der Waals surface area (Å²) in [6.07, 6.45) is 5.34. The summed E-state index contributed by atoms with van der Waals surface area (Å²) in [7, 11) is 0. The van der Waals surface area contributed by atoms with Gasteiger partial charge in [0.2, 0.25) is 0 Å². The SMILES string of the molecule is CCC(C)C(=O)C1=CC23CC(C(C)(C)O)C(C)(C)C2CC(CC=C(C)C)(C1=O)C3O. The predicted octanol–water partition coefficient (Wildman–Crippen LogP) is 4.64. The van der Waals surface area contributed by atoms with Gasteiger partial charge in [0.1, 0.15) is 0 Å². The lowest BCUT2D eigenvalue weighted by Crippen LogP contribution is -2.51. The molecular formula is C26H40O4. The van der Waals surface area contributed by atoms with E-state index in [9.17, 15) is 19.8 Å². The van der Waals surface area contributed by atoms with Crippen molar-refractivity contribution in [1.82, 2.24) is 0 Å². The number of hydrogen-bond acceptors (Lipinski definition) is 4. The molecule has 2 N–H and O–H groups in total. The summed E-state index contributed by atoms with van der Waals surface area (Å²) < 4.78 is 0. The molecule has 1 spiro atoms. The van der Waals surface area contributed by atoms with Crippen molar-refractivity contribution in [1.29, 1.82) is 0 Å². The fourth-order valence-electron chi connectivity index (χ4n) is 6.97. The summed E-state index contributed by atoms with van der Waals surface area (Å²) in [6.45, 7) is 15.8. The van der Waals surface area contributed by atoms with Crippen LogP contribution in [0.3, 0.4) is 0 Å². The zero-order chi connectivity index (χ0) is 22.9. The van der Waals surface area contributed by atoms with Crippen LogP contribution in [0.1, 0.15) is 81.1 Å². The molecule has 2 saturated carbocycles. The van der Waals surface area contributed by atoms with Gasteiger partial charge in [-0.15, -0.1) is 0 Å². The smallest absolute Gasteiger partial charge is 0.175 e. The minimum atomic E-state index is -0.947. The number of carbonyl (C=O) groups excluding carboxylic acids is 2. The minimum Gasteiger partial charge on any atom is -0.391 e. The second kappa shape index (κ2) is 7.13. The lowest BCUT2D eigenvalue weighted by molar-refractivity contribution is -0.137. The van der Waals surface area contributed by atoms with Crippen LogP contribution in [0.15, 0.2) is 23.3 Å². The van der Waals surface area contributed by atoms with E-state index in [2.05, 4.69) is 13.8 Å². The van der Waals surface area contributed by atoms with Gasteiger partial charge in [-0.05, 0) is 70.6 Å². The van der Waals surface area contributed by atoms with Gasteiger partial charge in [0.25, 0.3) is 0 Å². The van der Waals surface area contributed by atoms with E-state index < -0.39 is 22.5 Å². The molecule has 0 aromatic rings. The molecule has 3 aliphatic rings. The Morgan fingerprint density at radius 2 is 1.90 bits per heavy atom. The molecule has 0 saturated heterocycles. The zero-order valence-corrected chi connectivity index (χ0v) is 20.0. The van der Waals surface area contributed by atoms with Crippen molar-refractivity contribution in [2.24, 2.45) is 34.0 Å². The number of Topliss-reactive ketones (excluding diaryl/α,β-unsaturated/α-hetero) is 2. The fraction of sp³-hybridized carbons (Fsp3) is 0.769. The fourth-order valence-corrected chi connectivity index (χ4v) is 6.97. The van der Waals surface area contributed by atoms with Gasteiger partial charge in [-0.3, -0.25) is 9.59 Å². The Morgan fingerprint density at radius 3 is 2.40 bits per heavy atom. The molecule has 3 rings (SSSR count). The predicted molar refractivity (Wildman–Crippen MR) is 119 cm³/mol. The first-order chi connectivity index (χ1) is 13.6. The van der Waals surface area contributed by atoms with Crippen molar-refractivity contribution in [3.8, 4) is 0 Å². The molecule has 0 aromatic heterocycles. The third-order valence-electron chi connectivity index (χ3n) is 8.77. The number of aliphatic hydroxyl groups excluding tert-OH is 1. The number of aliphatic hydroxyl groups is 2. The van der Waals surface area contributed by atoms with Gasteiger partial charge in [-0.2, -0.15) is 0 Å². The van der Waals surface area contributed by atoms with E-state index >= 15 is 0 Å². The molecule has 0 amide bonds. The van der Waals surface area contributed by atoms with Gasteiger partial charge >= 0.3 is 0 Å². The van der Waals surface area contributed by atoms with Crippen molar-refractivity contribution in [3.63, 3.8) is 0 Å². The average Bonchev–Trinajstić information content (AvgIpc) is 2.97. The highest BCUT2D eigenvalue weighted by Crippen LogP contribution is 2.73. The standard InChI is InChI=1S/C26H40O4/c1-9-16(4)20(27)17-12-26-13-18(24(7,8)30)23(5,6)19(26)14-25(21(17)28,22(26)29)11-10-15(2)3/h10,12,16,18-19,22,29-30H,9,11,13-14H2,1-8H3. The normalized spacial score (nSPS) is 38.1. The second-order valence-electron chi connectivity index (χ2n) is 11.7. The summed E-state index contributed by atoms with van der Waals surface area (Å²) in [4.78, 5) is 27.0. The summed E-state index contributed by atoms with van der Waals surface area (Å²) >= 11 is 0. The Hall–Kier alpha value is -1.26. The maximum absolute atomic E-state index is 13.8. The molecule has 4 nitrogen and oxygen atoms in total. The number of ketones is 2. The number of hydrogen-bond donors (Lipinski definition) is 2. The van der Waals surface area contributed by atoms with E-state index in [1.54, 1.807) is 0 Å². The van der Waals surface area contributed by atoms with Crippen molar-refractivity contribution in [2.45, 2.75) is 92.8 Å². The zero-order valence-electron chi connectivity index (χ0n) is 20.0. The first-order valence-corrected chi connectivity index (χ1v) is 11.5. The van der Waals surface area contributed by atoms with Gasteiger partial charge < -0.3 is 10.2 Å². The average molecular weight is 417 g/mol. The largest absolute Gasteiger partial charge is 0.391 e. The van der Waals surface area contributed by atoms with Crippen LogP contribution >= 0.6 is 0 Å². The Labute approximate surface area is 181 Å². The molecule has 2 fully saturated rings. The van der Waals surface area contributed by atoms with Crippen LogP contribution in [0.5, 0.6) is 0 Å². The van der Waals surface area contributed by atoms with Crippen LogP contribution in [0, 0.1) is 34.0 Å². The van der Waals surface area contributed by atoms with Crippen LogP contribution in [-0.4, -0.2) is 33.5 Å². The van der Waals surface area contributed by atoms with Crippen LogP contribution in [0.4, 0.5) is 0 Å². The Morgan fingerprint density at radius 1 is 1.30 bits per heavy atom. The molecule has 6 unspecified atom stereocenters. The molecule has 2 bridgehead atoms. The minimum absolute atomic E-state index is 0.0319. The number of carbonyl (C=O) groups is 2. The van der Waals surface area contributed by atoms with Gasteiger partial charge in [-0.25, -0.2) is 0 Å². The second-order valence-corrected chi connectivity index (χ2v) is 11.7. The maximum atomic E-state index is 13.8. The van der Waals surface area contributed by atoms with Gasteiger partial charge in [-0.1, -0.05) is 45.4 Å². The van der Waals surface area contributed by atoms with Crippen molar-refractivity contribution in [3.05, 3.63) is 23.3 Å². The third kappa shape index (κ3) is 3.09. The van der Waals surface area contributed by atoms with Crippen LogP contribution in [0.2, 0.25) is 0 Å². The van der Waals surface area contributed by atoms with Crippen molar-refractivity contribution >= 4 is 11.6 Å². The maximum Gasteiger partial charge on any atom is 0.175 e. The Bertz CT molecular complexity index is 807. The van der Waals surface area contributed by atoms with E-state index in [4.69, 9.17) is 0 Å².